The van der Waals surface area contributed by atoms with E-state index in [2.05, 4.69) is 5.32 Å². The van der Waals surface area contributed by atoms with E-state index in [4.69, 9.17) is 23.2 Å². The lowest BCUT2D eigenvalue weighted by molar-refractivity contribution is 0.0536. The van der Waals surface area contributed by atoms with Crippen molar-refractivity contribution in [3.63, 3.8) is 0 Å². The summed E-state index contributed by atoms with van der Waals surface area (Å²) in [6.45, 7) is 1.54. The van der Waals surface area contributed by atoms with Crippen LogP contribution in [0.1, 0.15) is 31.1 Å². The average molecular weight is 488 g/mol. The van der Waals surface area contributed by atoms with E-state index in [1.54, 1.807) is 63.7 Å². The minimum atomic E-state index is -0.262. The van der Waals surface area contributed by atoms with Crippen LogP contribution in [0, 0.1) is 0 Å². The molecule has 164 valence electrons. The maximum absolute atomic E-state index is 13.2. The normalized spacial score (nSPS) is 13.7. The van der Waals surface area contributed by atoms with Crippen molar-refractivity contribution in [1.29, 1.82) is 0 Å². The van der Waals surface area contributed by atoms with Crippen molar-refractivity contribution in [3.05, 3.63) is 86.0 Å². The molecule has 0 spiro atoms. The van der Waals surface area contributed by atoms with E-state index in [1.165, 1.54) is 11.3 Å². The molecule has 0 aliphatic carbocycles. The molecule has 0 saturated carbocycles. The number of carbonyl (C=O) groups excluding carboxylic acids is 3. The molecule has 6 nitrogen and oxygen atoms in total. The lowest BCUT2D eigenvalue weighted by atomic mass is 10.1. The summed E-state index contributed by atoms with van der Waals surface area (Å²) in [5.74, 6) is -0.629. The first-order chi connectivity index (χ1) is 15.4. The number of nitrogens with zero attached hydrogens (tertiary/aromatic N) is 2. The molecule has 9 heteroatoms. The van der Waals surface area contributed by atoms with Crippen LogP contribution in [0.25, 0.3) is 0 Å². The molecular formula is C23H19Cl2N3O3S. The molecule has 0 atom stereocenters. The first-order valence-corrected chi connectivity index (χ1v) is 11.6. The Labute approximate surface area is 199 Å². The molecule has 1 N–H and O–H groups in total. The first-order valence-electron chi connectivity index (χ1n) is 9.89. The van der Waals surface area contributed by atoms with E-state index in [9.17, 15) is 14.4 Å². The van der Waals surface area contributed by atoms with Gasteiger partial charge in [0.15, 0.2) is 0 Å². The third-order valence-corrected chi connectivity index (χ3v) is 6.27. The van der Waals surface area contributed by atoms with Crippen molar-refractivity contribution in [3.8, 4) is 0 Å². The van der Waals surface area contributed by atoms with E-state index >= 15 is 0 Å². The number of rotatable bonds is 4. The average Bonchev–Trinajstić information content (AvgIpc) is 3.33. The number of anilines is 1. The molecule has 1 aliphatic heterocycles. The zero-order valence-corrected chi connectivity index (χ0v) is 19.2. The van der Waals surface area contributed by atoms with Crippen LogP contribution >= 0.6 is 34.5 Å². The van der Waals surface area contributed by atoms with Crippen molar-refractivity contribution in [2.24, 2.45) is 0 Å². The zero-order valence-electron chi connectivity index (χ0n) is 16.9. The van der Waals surface area contributed by atoms with Crippen molar-refractivity contribution < 1.29 is 14.4 Å². The number of amides is 3. The summed E-state index contributed by atoms with van der Waals surface area (Å²) in [4.78, 5) is 41.8. The molecule has 2 aromatic carbocycles. The molecule has 0 unspecified atom stereocenters. The van der Waals surface area contributed by atoms with Gasteiger partial charge in [-0.3, -0.25) is 14.4 Å². The van der Waals surface area contributed by atoms with Crippen molar-refractivity contribution in [2.75, 3.05) is 31.5 Å². The Morgan fingerprint density at radius 2 is 1.44 bits per heavy atom. The Bertz CT molecular complexity index is 1140. The van der Waals surface area contributed by atoms with E-state index < -0.39 is 0 Å². The molecule has 3 amide bonds. The molecule has 2 heterocycles. The van der Waals surface area contributed by atoms with Crippen LogP contribution in [-0.4, -0.2) is 53.7 Å². The zero-order chi connectivity index (χ0) is 22.7. The van der Waals surface area contributed by atoms with Crippen LogP contribution in [0.15, 0.2) is 59.3 Å². The topological polar surface area (TPSA) is 69.7 Å². The third kappa shape index (κ3) is 4.96. The number of thiophene rings is 1. The summed E-state index contributed by atoms with van der Waals surface area (Å²) in [7, 11) is 0. The highest BCUT2D eigenvalue weighted by Crippen LogP contribution is 2.22. The first kappa shape index (κ1) is 22.3. The van der Waals surface area contributed by atoms with Crippen molar-refractivity contribution in [1.82, 2.24) is 9.80 Å². The second kappa shape index (κ2) is 9.73. The van der Waals surface area contributed by atoms with E-state index in [-0.39, 0.29) is 17.7 Å². The highest BCUT2D eigenvalue weighted by Gasteiger charge is 2.27. The Morgan fingerprint density at radius 3 is 2.06 bits per heavy atom. The van der Waals surface area contributed by atoms with Crippen LogP contribution in [0.2, 0.25) is 10.0 Å². The fraction of sp³-hybridized carbons (Fsp3) is 0.174. The summed E-state index contributed by atoms with van der Waals surface area (Å²) in [6, 6.07) is 13.4. The molecule has 32 heavy (non-hydrogen) atoms. The number of carbonyl (C=O) groups is 3. The van der Waals surface area contributed by atoms with Crippen molar-refractivity contribution in [2.45, 2.75) is 0 Å². The lowest BCUT2D eigenvalue weighted by Gasteiger charge is -2.35. The Morgan fingerprint density at radius 1 is 0.812 bits per heavy atom. The van der Waals surface area contributed by atoms with E-state index in [0.29, 0.717) is 58.6 Å². The highest BCUT2D eigenvalue weighted by atomic mass is 35.5. The molecule has 0 radical (unpaired) electrons. The SMILES string of the molecule is O=C(Nc1ccccc1C(=O)N1CCN(C(=O)c2cc(Cl)cc(Cl)c2)CC1)c1ccsc1. The highest BCUT2D eigenvalue weighted by molar-refractivity contribution is 7.08. The molecule has 3 aromatic rings. The molecule has 1 saturated heterocycles. The van der Waals surface area contributed by atoms with Gasteiger partial charge in [-0.05, 0) is 41.8 Å². The quantitative estimate of drug-likeness (QED) is 0.568. The van der Waals surface area contributed by atoms with Crippen LogP contribution < -0.4 is 5.32 Å². The summed E-state index contributed by atoms with van der Waals surface area (Å²) >= 11 is 13.5. The third-order valence-electron chi connectivity index (χ3n) is 5.15. The number of nitrogens with one attached hydrogen (secondary N) is 1. The fourth-order valence-electron chi connectivity index (χ4n) is 3.51. The van der Waals surface area contributed by atoms with Gasteiger partial charge in [0.2, 0.25) is 0 Å². The number of hydrogen-bond donors (Lipinski definition) is 1. The minimum absolute atomic E-state index is 0.176. The van der Waals surface area contributed by atoms with Crippen molar-refractivity contribution >= 4 is 57.9 Å². The molecule has 1 aliphatic rings. The number of benzene rings is 2. The maximum atomic E-state index is 13.2. The summed E-state index contributed by atoms with van der Waals surface area (Å²) in [6.07, 6.45) is 0. The molecule has 4 rings (SSSR count). The van der Waals surface area contributed by atoms with Gasteiger partial charge in [-0.2, -0.15) is 11.3 Å². The Hall–Kier alpha value is -2.87. The molecule has 1 fully saturated rings. The van der Waals surface area contributed by atoms with Gasteiger partial charge in [0, 0.05) is 47.2 Å². The molecule has 1 aromatic heterocycles. The summed E-state index contributed by atoms with van der Waals surface area (Å²) in [5, 5.41) is 7.20. The predicted octanol–water partition coefficient (Wildman–Crippen LogP) is 4.91. The van der Waals surface area contributed by atoms with Gasteiger partial charge < -0.3 is 15.1 Å². The van der Waals surface area contributed by atoms with Crippen LogP contribution in [0.4, 0.5) is 5.69 Å². The van der Waals surface area contributed by atoms with Gasteiger partial charge in [0.25, 0.3) is 17.7 Å². The number of piperazine rings is 1. The molecular weight excluding hydrogens is 469 g/mol. The summed E-state index contributed by atoms with van der Waals surface area (Å²) < 4.78 is 0. The maximum Gasteiger partial charge on any atom is 0.256 e. The monoisotopic (exact) mass is 487 g/mol. The number of halogens is 2. The smallest absolute Gasteiger partial charge is 0.256 e. The van der Waals surface area contributed by atoms with Crippen LogP contribution in [0.3, 0.4) is 0 Å². The van der Waals surface area contributed by atoms with Crippen LogP contribution in [-0.2, 0) is 0 Å². The second-order valence-corrected chi connectivity index (χ2v) is 8.91. The number of para-hydroxylation sites is 1. The molecule has 0 bridgehead atoms. The van der Waals surface area contributed by atoms with Gasteiger partial charge in [-0.1, -0.05) is 35.3 Å². The fourth-order valence-corrected chi connectivity index (χ4v) is 4.67. The van der Waals surface area contributed by atoms with Crippen LogP contribution in [0.5, 0.6) is 0 Å². The Balaban J connectivity index is 1.43. The second-order valence-electron chi connectivity index (χ2n) is 7.25. The van der Waals surface area contributed by atoms with Gasteiger partial charge in [0.05, 0.1) is 16.8 Å². The number of hydrogen-bond acceptors (Lipinski definition) is 4. The van der Waals surface area contributed by atoms with Gasteiger partial charge in [-0.15, -0.1) is 0 Å². The lowest BCUT2D eigenvalue weighted by Crippen LogP contribution is -2.50. The van der Waals surface area contributed by atoms with E-state index in [1.807, 2.05) is 5.38 Å². The minimum Gasteiger partial charge on any atom is -0.335 e. The van der Waals surface area contributed by atoms with Gasteiger partial charge >= 0.3 is 0 Å². The van der Waals surface area contributed by atoms with E-state index in [0.717, 1.165) is 0 Å². The standard InChI is InChI=1S/C23H19Cl2N3O3S/c24-17-11-16(12-18(25)13-17)22(30)27-6-8-28(9-7-27)23(31)19-3-1-2-4-20(19)26-21(29)15-5-10-32-14-15/h1-5,10-14H,6-9H2,(H,26,29). The largest absolute Gasteiger partial charge is 0.335 e. The predicted molar refractivity (Wildman–Crippen MR) is 127 cm³/mol. The summed E-state index contributed by atoms with van der Waals surface area (Å²) in [5.41, 5.74) is 1.84. The van der Waals surface area contributed by atoms with Gasteiger partial charge in [-0.25, -0.2) is 0 Å². The van der Waals surface area contributed by atoms with Gasteiger partial charge in [0.1, 0.15) is 0 Å². The Kier molecular flexibility index (Phi) is 6.79.